The van der Waals surface area contributed by atoms with Crippen LogP contribution in [0.2, 0.25) is 0 Å². The molecular formula is C21H29F2N6OS+. The maximum absolute atomic E-state index is 14.8. The molecule has 1 fully saturated rings. The monoisotopic (exact) mass is 451 g/mol. The van der Waals surface area contributed by atoms with Crippen LogP contribution in [-0.4, -0.2) is 54.6 Å². The van der Waals surface area contributed by atoms with Crippen molar-refractivity contribution in [3.05, 3.63) is 35.7 Å². The van der Waals surface area contributed by atoms with Crippen LogP contribution in [0.25, 0.3) is 11.1 Å². The van der Waals surface area contributed by atoms with Crippen LogP contribution in [-0.2, 0) is 0 Å². The van der Waals surface area contributed by atoms with E-state index in [0.29, 0.717) is 5.56 Å². The van der Waals surface area contributed by atoms with Crippen molar-refractivity contribution >= 4 is 22.0 Å². The lowest BCUT2D eigenvalue weighted by molar-refractivity contribution is -0.107. The molecule has 10 heteroatoms. The van der Waals surface area contributed by atoms with Gasteiger partial charge in [0.05, 0.1) is 6.20 Å². The minimum atomic E-state index is -1.26. The van der Waals surface area contributed by atoms with Crippen LogP contribution in [0.4, 0.5) is 8.78 Å². The van der Waals surface area contributed by atoms with Crippen LogP contribution in [0.3, 0.4) is 0 Å². The van der Waals surface area contributed by atoms with E-state index in [1.807, 2.05) is 0 Å². The highest BCUT2D eigenvalue weighted by molar-refractivity contribution is 8.26. The van der Waals surface area contributed by atoms with Crippen molar-refractivity contribution in [2.45, 2.75) is 57.7 Å². The van der Waals surface area contributed by atoms with Gasteiger partial charge in [0, 0.05) is 53.3 Å². The zero-order valence-corrected chi connectivity index (χ0v) is 19.1. The van der Waals surface area contributed by atoms with Crippen LogP contribution in [0.5, 0.6) is 5.75 Å². The van der Waals surface area contributed by atoms with Crippen molar-refractivity contribution in [3.8, 4) is 16.9 Å². The Morgan fingerprint density at radius 3 is 2.42 bits per heavy atom. The van der Waals surface area contributed by atoms with E-state index in [4.69, 9.17) is 10.8 Å². The molecule has 1 aromatic carbocycles. The molecule has 0 atom stereocenters. The third-order valence-electron chi connectivity index (χ3n) is 5.48. The molecule has 3 rings (SSSR count). The van der Waals surface area contributed by atoms with Crippen molar-refractivity contribution in [1.82, 2.24) is 20.4 Å². The van der Waals surface area contributed by atoms with Gasteiger partial charge < -0.3 is 15.3 Å². The van der Waals surface area contributed by atoms with Gasteiger partial charge >= 0.3 is 0 Å². The third-order valence-corrected chi connectivity index (χ3v) is 6.39. The maximum atomic E-state index is 14.8. The number of nitrogens with two attached hydrogens (primary N) is 1. The van der Waals surface area contributed by atoms with Crippen molar-refractivity contribution in [2.24, 2.45) is 0 Å². The Labute approximate surface area is 184 Å². The van der Waals surface area contributed by atoms with Gasteiger partial charge in [-0.2, -0.15) is 5.10 Å². The summed E-state index contributed by atoms with van der Waals surface area (Å²) >= 11 is 0.793. The van der Waals surface area contributed by atoms with Gasteiger partial charge in [-0.1, -0.05) is 0 Å². The first-order chi connectivity index (χ1) is 14.3. The molecule has 0 unspecified atom stereocenters. The van der Waals surface area contributed by atoms with E-state index in [-0.39, 0.29) is 32.9 Å². The highest BCUT2D eigenvalue weighted by Gasteiger charge is 2.40. The van der Waals surface area contributed by atoms with Gasteiger partial charge in [-0.15, -0.1) is 0 Å². The van der Waals surface area contributed by atoms with Gasteiger partial charge in [0.1, 0.15) is 11.3 Å². The van der Waals surface area contributed by atoms with Crippen molar-refractivity contribution in [2.75, 3.05) is 7.05 Å². The highest BCUT2D eigenvalue weighted by Crippen LogP contribution is 2.35. The number of thioether (sulfide) groups is 1. The number of hydrogen-bond donors (Lipinski definition) is 5. The molecule has 1 saturated heterocycles. The number of piperidine rings is 1. The van der Waals surface area contributed by atoms with E-state index in [1.54, 1.807) is 11.9 Å². The molecular weight excluding hydrogens is 422 g/mol. The molecule has 0 saturated carbocycles. The van der Waals surface area contributed by atoms with Crippen LogP contribution in [0.1, 0.15) is 46.1 Å². The number of rotatable bonds is 3. The molecule has 1 aliphatic rings. The lowest BCUT2D eigenvalue weighted by Crippen LogP contribution is -2.62. The minimum Gasteiger partial charge on any atom is -0.507 e. The predicted octanol–water partition coefficient (Wildman–Crippen LogP) is 2.48. The molecule has 7 nitrogen and oxygen atoms in total. The van der Waals surface area contributed by atoms with Gasteiger partial charge in [-0.25, -0.2) is 14.2 Å². The predicted molar refractivity (Wildman–Crippen MR) is 119 cm³/mol. The molecule has 0 radical (unpaired) electrons. The minimum absolute atomic E-state index is 0.0673. The number of halogens is 2. The Morgan fingerprint density at radius 2 is 1.87 bits per heavy atom. The highest BCUT2D eigenvalue weighted by atomic mass is 32.2. The molecule has 2 aromatic rings. The molecule has 168 valence electrons. The Hall–Kier alpha value is -2.46. The number of benzene rings is 1. The number of phenols is 1. The zero-order valence-electron chi connectivity index (χ0n) is 18.3. The van der Waals surface area contributed by atoms with Gasteiger partial charge in [0.25, 0.3) is 5.04 Å². The summed E-state index contributed by atoms with van der Waals surface area (Å²) in [7, 11) is 1.80. The first kappa shape index (κ1) is 23.2. The van der Waals surface area contributed by atoms with E-state index in [9.17, 15) is 13.9 Å². The fraction of sp³-hybridized carbons (Fsp3) is 0.476. The summed E-state index contributed by atoms with van der Waals surface area (Å²) in [5, 5.41) is 34.6. The van der Waals surface area contributed by atoms with Gasteiger partial charge in [0.2, 0.25) is 0 Å². The number of amidine groups is 1. The standard InChI is InChI=1S/C21H28F2N6OS/c1-20(2)7-12(8-21(3,4)28-20)29(5)19(25)31-18(24)15-14(30)6-13(16(22)17(15)23)11-9-26-27-10-11/h6,9-10,12,24-25,28,30H,7-8H2,1-5H3,(H,26,27)/p+1. The van der Waals surface area contributed by atoms with Crippen molar-refractivity contribution in [1.29, 1.82) is 5.41 Å². The Morgan fingerprint density at radius 1 is 1.26 bits per heavy atom. The van der Waals surface area contributed by atoms with E-state index in [1.165, 1.54) is 12.4 Å². The number of hydrogen-bond acceptors (Lipinski definition) is 5. The Bertz CT molecular complexity index is 990. The second-order valence-corrected chi connectivity index (χ2v) is 10.3. The van der Waals surface area contributed by atoms with Crippen LogP contribution >= 0.6 is 11.8 Å². The quantitative estimate of drug-likeness (QED) is 0.363. The van der Waals surface area contributed by atoms with E-state index in [2.05, 4.69) is 43.2 Å². The first-order valence-electron chi connectivity index (χ1n) is 9.93. The Balaban J connectivity index is 1.80. The SMILES string of the molecule is CN(C(=N)SC(=[NH2+])c1c(O)cc(-c2cn[nH]c2)c(F)c1F)C1CC(C)(C)NC(C)(C)C1. The van der Waals surface area contributed by atoms with Crippen molar-refractivity contribution in [3.63, 3.8) is 0 Å². The molecule has 0 bridgehead atoms. The van der Waals surface area contributed by atoms with E-state index in [0.717, 1.165) is 30.7 Å². The normalized spacial score (nSPS) is 18.0. The average molecular weight is 452 g/mol. The lowest BCUT2D eigenvalue weighted by atomic mass is 9.79. The number of nitrogens with one attached hydrogen (secondary N) is 3. The van der Waals surface area contributed by atoms with Gasteiger partial charge in [-0.3, -0.25) is 10.5 Å². The molecule has 1 aromatic heterocycles. The number of phenolic OH excluding ortho intramolecular Hbond substituents is 1. The third kappa shape index (κ3) is 4.90. The smallest absolute Gasteiger partial charge is 0.253 e. The molecule has 1 aliphatic heterocycles. The summed E-state index contributed by atoms with van der Waals surface area (Å²) < 4.78 is 29.4. The average Bonchev–Trinajstić information content (AvgIpc) is 3.16. The Kier molecular flexibility index (Phi) is 6.16. The number of H-pyrrole nitrogens is 1. The molecule has 0 aliphatic carbocycles. The van der Waals surface area contributed by atoms with Crippen LogP contribution in [0, 0.1) is 17.0 Å². The van der Waals surface area contributed by atoms with E-state index < -0.39 is 22.9 Å². The summed E-state index contributed by atoms with van der Waals surface area (Å²) in [6, 6.07) is 1.18. The fourth-order valence-corrected chi connectivity index (χ4v) is 5.19. The number of nitrogens with zero attached hydrogens (tertiary/aromatic N) is 2. The second-order valence-electron chi connectivity index (χ2n) is 9.27. The zero-order chi connectivity index (χ0) is 23.1. The first-order valence-corrected chi connectivity index (χ1v) is 10.7. The van der Waals surface area contributed by atoms with E-state index >= 15 is 0 Å². The number of aromatic nitrogens is 2. The second kappa shape index (κ2) is 8.23. The number of aromatic amines is 1. The molecule has 0 spiro atoms. The van der Waals surface area contributed by atoms with Gasteiger partial charge in [0.15, 0.2) is 16.8 Å². The van der Waals surface area contributed by atoms with Crippen LogP contribution in [0.15, 0.2) is 18.5 Å². The fourth-order valence-electron chi connectivity index (χ4n) is 4.39. The summed E-state index contributed by atoms with van der Waals surface area (Å²) in [5.74, 6) is -2.90. The maximum Gasteiger partial charge on any atom is 0.253 e. The van der Waals surface area contributed by atoms with Crippen LogP contribution < -0.4 is 10.7 Å². The molecule has 2 heterocycles. The summed E-state index contributed by atoms with van der Waals surface area (Å²) in [4.78, 5) is 1.80. The molecule has 0 amide bonds. The summed E-state index contributed by atoms with van der Waals surface area (Å²) in [6.45, 7) is 8.46. The topological polar surface area (TPSA) is 114 Å². The number of aromatic hydroxyl groups is 1. The lowest BCUT2D eigenvalue weighted by Gasteiger charge is -2.49. The summed E-state index contributed by atoms with van der Waals surface area (Å²) in [5.41, 5.74) is -0.502. The molecule has 6 N–H and O–H groups in total. The summed E-state index contributed by atoms with van der Waals surface area (Å²) in [6.07, 6.45) is 4.34. The largest absolute Gasteiger partial charge is 0.507 e. The van der Waals surface area contributed by atoms with Crippen molar-refractivity contribution < 1.29 is 19.3 Å². The molecule has 31 heavy (non-hydrogen) atoms. The van der Waals surface area contributed by atoms with Gasteiger partial charge in [-0.05, 0) is 46.6 Å².